The smallest absolute Gasteiger partial charge is 0.328 e. The van der Waals surface area contributed by atoms with Crippen LogP contribution in [0.25, 0.3) is 0 Å². The fraction of sp³-hybridized carbons (Fsp3) is 0.500. The van der Waals surface area contributed by atoms with Crippen molar-refractivity contribution in [1.82, 2.24) is 9.29 Å². The van der Waals surface area contributed by atoms with Crippen LogP contribution in [0.4, 0.5) is 13.2 Å². The number of halogens is 3. The second-order valence-corrected chi connectivity index (χ2v) is 6.04. The first-order valence-electron chi connectivity index (χ1n) is 5.31. The lowest BCUT2D eigenvalue weighted by Gasteiger charge is -2.26. The molecule has 0 aliphatic rings. The molecule has 0 spiro atoms. The molecule has 0 fully saturated rings. The first-order valence-corrected chi connectivity index (χ1v) is 6.75. The van der Waals surface area contributed by atoms with Gasteiger partial charge in [-0.15, -0.1) is 0 Å². The summed E-state index contributed by atoms with van der Waals surface area (Å²) < 4.78 is 61.7. The van der Waals surface area contributed by atoms with Crippen molar-refractivity contribution in [2.24, 2.45) is 0 Å². The van der Waals surface area contributed by atoms with Crippen LogP contribution < -0.4 is 5.56 Å². The normalized spacial score (nSPS) is 13.2. The molecule has 108 valence electrons. The average Bonchev–Trinajstić information content (AvgIpc) is 2.25. The van der Waals surface area contributed by atoms with E-state index in [1.165, 1.54) is 13.8 Å². The zero-order valence-corrected chi connectivity index (χ0v) is 11.0. The van der Waals surface area contributed by atoms with Crippen LogP contribution in [0.5, 0.6) is 0 Å². The van der Waals surface area contributed by atoms with Gasteiger partial charge in [0.05, 0.1) is 4.90 Å². The van der Waals surface area contributed by atoms with E-state index in [9.17, 15) is 26.4 Å². The minimum Gasteiger partial charge on any atom is -0.328 e. The van der Waals surface area contributed by atoms with Gasteiger partial charge in [-0.3, -0.25) is 4.79 Å². The van der Waals surface area contributed by atoms with Crippen molar-refractivity contribution in [3.63, 3.8) is 0 Å². The predicted molar refractivity (Wildman–Crippen MR) is 62.1 cm³/mol. The average molecular weight is 298 g/mol. The minimum absolute atomic E-state index is 0.334. The first-order chi connectivity index (χ1) is 8.54. The largest absolute Gasteiger partial charge is 0.402 e. The SMILES string of the molecule is CC(C)N(CC(F)(F)F)S(=O)(=O)c1ccc(=O)[nH]c1. The minimum atomic E-state index is -4.64. The maximum absolute atomic E-state index is 12.4. The molecule has 0 saturated heterocycles. The van der Waals surface area contributed by atoms with E-state index in [0.29, 0.717) is 4.31 Å². The number of pyridine rings is 1. The van der Waals surface area contributed by atoms with Crippen LogP contribution in [0.2, 0.25) is 0 Å². The van der Waals surface area contributed by atoms with Crippen LogP contribution >= 0.6 is 0 Å². The molecule has 1 rings (SSSR count). The molecule has 0 aromatic carbocycles. The molecule has 0 saturated carbocycles. The van der Waals surface area contributed by atoms with Crippen molar-refractivity contribution in [3.8, 4) is 0 Å². The lowest BCUT2D eigenvalue weighted by Crippen LogP contribution is -2.43. The summed E-state index contributed by atoms with van der Waals surface area (Å²) in [7, 11) is -4.31. The van der Waals surface area contributed by atoms with Gasteiger partial charge in [-0.2, -0.15) is 17.5 Å². The summed E-state index contributed by atoms with van der Waals surface area (Å²) in [6.07, 6.45) is -3.76. The predicted octanol–water partition coefficient (Wildman–Crippen LogP) is 1.34. The van der Waals surface area contributed by atoms with Gasteiger partial charge in [-0.05, 0) is 19.9 Å². The Morgan fingerprint density at radius 2 is 1.89 bits per heavy atom. The molecule has 0 bridgehead atoms. The highest BCUT2D eigenvalue weighted by molar-refractivity contribution is 7.89. The van der Waals surface area contributed by atoms with Gasteiger partial charge in [0.25, 0.3) is 0 Å². The van der Waals surface area contributed by atoms with Crippen molar-refractivity contribution in [2.75, 3.05) is 6.54 Å². The second-order valence-electron chi connectivity index (χ2n) is 4.15. The van der Waals surface area contributed by atoms with Crippen LogP contribution in [-0.4, -0.2) is 36.5 Å². The third-order valence-electron chi connectivity index (χ3n) is 2.27. The summed E-state index contributed by atoms with van der Waals surface area (Å²) in [5, 5.41) is 0. The Balaban J connectivity index is 3.20. The van der Waals surface area contributed by atoms with Gasteiger partial charge in [0, 0.05) is 18.3 Å². The van der Waals surface area contributed by atoms with Crippen molar-refractivity contribution in [1.29, 1.82) is 0 Å². The lowest BCUT2D eigenvalue weighted by molar-refractivity contribution is -0.138. The van der Waals surface area contributed by atoms with Gasteiger partial charge >= 0.3 is 6.18 Å². The van der Waals surface area contributed by atoms with E-state index >= 15 is 0 Å². The molecule has 0 aliphatic carbocycles. The van der Waals surface area contributed by atoms with Crippen LogP contribution in [0.3, 0.4) is 0 Å². The highest BCUT2D eigenvalue weighted by Gasteiger charge is 2.38. The maximum atomic E-state index is 12.4. The van der Waals surface area contributed by atoms with Gasteiger partial charge in [0.15, 0.2) is 0 Å². The summed E-state index contributed by atoms with van der Waals surface area (Å²) in [6.45, 7) is 1.11. The molecule has 9 heteroatoms. The number of hydrogen-bond acceptors (Lipinski definition) is 3. The van der Waals surface area contributed by atoms with Gasteiger partial charge < -0.3 is 4.98 Å². The first kappa shape index (κ1) is 15.7. The molecule has 0 unspecified atom stereocenters. The molecule has 5 nitrogen and oxygen atoms in total. The monoisotopic (exact) mass is 298 g/mol. The number of H-pyrrole nitrogens is 1. The Labute approximate surface area is 108 Å². The van der Waals surface area contributed by atoms with Crippen molar-refractivity contribution in [2.45, 2.75) is 31.0 Å². The van der Waals surface area contributed by atoms with Crippen molar-refractivity contribution < 1.29 is 21.6 Å². The molecular weight excluding hydrogens is 285 g/mol. The summed E-state index contributed by atoms with van der Waals surface area (Å²) in [6, 6.07) is 1.05. The molecule has 19 heavy (non-hydrogen) atoms. The zero-order valence-electron chi connectivity index (χ0n) is 10.2. The quantitative estimate of drug-likeness (QED) is 0.912. The van der Waals surface area contributed by atoms with E-state index in [0.717, 1.165) is 18.3 Å². The van der Waals surface area contributed by atoms with Gasteiger partial charge in [0.2, 0.25) is 15.6 Å². The molecule has 0 aliphatic heterocycles. The molecule has 1 aromatic heterocycles. The third-order valence-corrected chi connectivity index (χ3v) is 4.29. The second kappa shape index (κ2) is 5.33. The highest BCUT2D eigenvalue weighted by Crippen LogP contribution is 2.23. The summed E-state index contributed by atoms with van der Waals surface area (Å²) >= 11 is 0. The number of aromatic amines is 1. The molecule has 1 N–H and O–H groups in total. The Kier molecular flexibility index (Phi) is 4.41. The van der Waals surface area contributed by atoms with Gasteiger partial charge in [-0.1, -0.05) is 0 Å². The molecule has 0 radical (unpaired) electrons. The standard InChI is InChI=1S/C10H13F3N2O3S/c1-7(2)15(6-10(11,12)13)19(17,18)8-3-4-9(16)14-5-8/h3-5,7H,6H2,1-2H3,(H,14,16). The van der Waals surface area contributed by atoms with E-state index < -0.39 is 34.3 Å². The number of rotatable bonds is 4. The Hall–Kier alpha value is -1.35. The topological polar surface area (TPSA) is 70.2 Å². The summed E-state index contributed by atoms with van der Waals surface area (Å²) in [4.78, 5) is 12.6. The summed E-state index contributed by atoms with van der Waals surface area (Å²) in [5.41, 5.74) is -0.536. The fourth-order valence-electron chi connectivity index (χ4n) is 1.41. The van der Waals surface area contributed by atoms with Crippen LogP contribution in [0.15, 0.2) is 28.0 Å². The number of nitrogens with one attached hydrogen (secondary N) is 1. The van der Waals surface area contributed by atoms with E-state index in [-0.39, 0.29) is 4.90 Å². The number of nitrogens with zero attached hydrogens (tertiary/aromatic N) is 1. The highest BCUT2D eigenvalue weighted by atomic mass is 32.2. The molecule has 1 heterocycles. The Morgan fingerprint density at radius 1 is 1.32 bits per heavy atom. The lowest BCUT2D eigenvalue weighted by atomic mass is 10.4. The third kappa shape index (κ3) is 4.06. The van der Waals surface area contributed by atoms with Gasteiger partial charge in [0.1, 0.15) is 6.54 Å². The van der Waals surface area contributed by atoms with Crippen molar-refractivity contribution in [3.05, 3.63) is 28.7 Å². The Bertz CT molecular complexity index is 572. The van der Waals surface area contributed by atoms with E-state index in [1.807, 2.05) is 0 Å². The van der Waals surface area contributed by atoms with Crippen LogP contribution in [0.1, 0.15) is 13.8 Å². The van der Waals surface area contributed by atoms with Gasteiger partial charge in [-0.25, -0.2) is 8.42 Å². The number of hydrogen-bond donors (Lipinski definition) is 1. The van der Waals surface area contributed by atoms with E-state index in [4.69, 9.17) is 0 Å². The Morgan fingerprint density at radius 3 is 2.26 bits per heavy atom. The van der Waals surface area contributed by atoms with Crippen LogP contribution in [-0.2, 0) is 10.0 Å². The van der Waals surface area contributed by atoms with Crippen molar-refractivity contribution >= 4 is 10.0 Å². The molecule has 1 aromatic rings. The number of alkyl halides is 3. The molecular formula is C10H13F3N2O3S. The molecule has 0 atom stereocenters. The maximum Gasteiger partial charge on any atom is 0.402 e. The van der Waals surface area contributed by atoms with E-state index in [1.54, 1.807) is 0 Å². The number of aromatic nitrogens is 1. The van der Waals surface area contributed by atoms with Crippen LogP contribution in [0, 0.1) is 0 Å². The fourth-order valence-corrected chi connectivity index (χ4v) is 3.00. The summed E-state index contributed by atoms with van der Waals surface area (Å²) in [5.74, 6) is 0. The number of sulfonamides is 1. The molecule has 0 amide bonds. The van der Waals surface area contributed by atoms with E-state index in [2.05, 4.69) is 4.98 Å². The zero-order chi connectivity index (χ0) is 14.8.